The molecule has 0 fully saturated rings. The van der Waals surface area contributed by atoms with Crippen LogP contribution in [-0.4, -0.2) is 44.3 Å². The van der Waals surface area contributed by atoms with Crippen LogP contribution in [0.3, 0.4) is 0 Å². The number of hydrogen-bond acceptors (Lipinski definition) is 4. The van der Waals surface area contributed by atoms with E-state index in [1.54, 1.807) is 55.5 Å². The largest absolute Gasteiger partial charge is 0.354 e. The first-order valence-electron chi connectivity index (χ1n) is 12.4. The van der Waals surface area contributed by atoms with Crippen LogP contribution >= 0.6 is 34.8 Å². The molecule has 3 aromatic carbocycles. The van der Waals surface area contributed by atoms with Gasteiger partial charge in [0.05, 0.1) is 10.6 Å². The van der Waals surface area contributed by atoms with Crippen LogP contribution in [0, 0.1) is 0 Å². The number of benzene rings is 3. The van der Waals surface area contributed by atoms with E-state index in [2.05, 4.69) is 5.32 Å². The normalized spacial score (nSPS) is 12.0. The van der Waals surface area contributed by atoms with E-state index in [0.717, 1.165) is 10.7 Å². The van der Waals surface area contributed by atoms with Gasteiger partial charge in [-0.1, -0.05) is 72.9 Å². The van der Waals surface area contributed by atoms with Crippen LogP contribution in [0.15, 0.2) is 77.7 Å². The van der Waals surface area contributed by atoms with Gasteiger partial charge in [0.2, 0.25) is 11.8 Å². The first-order valence-corrected chi connectivity index (χ1v) is 15.0. The average molecular weight is 611 g/mol. The van der Waals surface area contributed by atoms with E-state index in [1.807, 2.05) is 6.92 Å². The van der Waals surface area contributed by atoms with Crippen LogP contribution in [0.5, 0.6) is 0 Å². The number of hydrogen-bond donors (Lipinski definition) is 1. The van der Waals surface area contributed by atoms with Crippen molar-refractivity contribution in [2.45, 2.75) is 44.2 Å². The zero-order valence-corrected chi connectivity index (χ0v) is 24.7. The van der Waals surface area contributed by atoms with Crippen LogP contribution in [0.4, 0.5) is 5.69 Å². The van der Waals surface area contributed by atoms with Crippen LogP contribution < -0.4 is 9.62 Å². The summed E-state index contributed by atoms with van der Waals surface area (Å²) < 4.78 is 28.5. The number of amides is 2. The van der Waals surface area contributed by atoms with Gasteiger partial charge < -0.3 is 10.2 Å². The molecule has 0 heterocycles. The Morgan fingerprint density at radius 1 is 0.897 bits per heavy atom. The van der Waals surface area contributed by atoms with Crippen molar-refractivity contribution in [1.82, 2.24) is 10.2 Å². The van der Waals surface area contributed by atoms with Gasteiger partial charge in [-0.25, -0.2) is 8.42 Å². The fraction of sp³-hybridized carbons (Fsp3) is 0.286. The molecule has 0 unspecified atom stereocenters. The quantitative estimate of drug-likeness (QED) is 0.266. The summed E-state index contributed by atoms with van der Waals surface area (Å²) in [5.74, 6) is -0.907. The number of nitrogens with one attached hydrogen (secondary N) is 1. The molecule has 0 saturated heterocycles. The number of carbonyl (C=O) groups is 2. The predicted octanol–water partition coefficient (Wildman–Crippen LogP) is 6.18. The maximum Gasteiger partial charge on any atom is 0.264 e. The van der Waals surface area contributed by atoms with Gasteiger partial charge in [0.1, 0.15) is 12.6 Å². The number of halogens is 3. The Morgan fingerprint density at radius 3 is 2.13 bits per heavy atom. The minimum absolute atomic E-state index is 0.0211. The summed E-state index contributed by atoms with van der Waals surface area (Å²) in [6.45, 7) is 3.58. The first-order chi connectivity index (χ1) is 18.6. The molecule has 2 amide bonds. The van der Waals surface area contributed by atoms with E-state index >= 15 is 0 Å². The van der Waals surface area contributed by atoms with Crippen molar-refractivity contribution < 1.29 is 18.0 Å². The van der Waals surface area contributed by atoms with E-state index in [-0.39, 0.29) is 23.0 Å². The SMILES string of the molecule is CCCNC(=O)[C@@H](CC)N(Cc1ccc(Cl)cc1Cl)C(=O)CN(c1ccc(Cl)cc1)S(=O)(=O)c1ccccc1. The average Bonchev–Trinajstić information content (AvgIpc) is 2.92. The summed E-state index contributed by atoms with van der Waals surface area (Å²) in [4.78, 5) is 28.5. The van der Waals surface area contributed by atoms with Gasteiger partial charge in [-0.2, -0.15) is 0 Å². The van der Waals surface area contributed by atoms with Gasteiger partial charge in [0, 0.05) is 28.2 Å². The summed E-state index contributed by atoms with van der Waals surface area (Å²) in [5, 5.41) is 4.02. The third kappa shape index (κ3) is 7.88. The van der Waals surface area contributed by atoms with Crippen molar-refractivity contribution in [2.24, 2.45) is 0 Å². The van der Waals surface area contributed by atoms with Crippen LogP contribution in [0.25, 0.3) is 0 Å². The summed E-state index contributed by atoms with van der Waals surface area (Å²) in [5.41, 5.74) is 0.824. The first kappa shape index (κ1) is 30.8. The van der Waals surface area contributed by atoms with Crippen molar-refractivity contribution in [3.63, 3.8) is 0 Å². The van der Waals surface area contributed by atoms with E-state index < -0.39 is 28.5 Å². The molecule has 7 nitrogen and oxygen atoms in total. The highest BCUT2D eigenvalue weighted by Crippen LogP contribution is 2.27. The van der Waals surface area contributed by atoms with Gasteiger partial charge in [-0.3, -0.25) is 13.9 Å². The lowest BCUT2D eigenvalue weighted by molar-refractivity contribution is -0.140. The Labute approximate surface area is 244 Å². The van der Waals surface area contributed by atoms with Crippen molar-refractivity contribution in [1.29, 1.82) is 0 Å². The topological polar surface area (TPSA) is 86.8 Å². The van der Waals surface area contributed by atoms with Gasteiger partial charge in [-0.15, -0.1) is 0 Å². The fourth-order valence-corrected chi connectivity index (χ4v) is 6.00. The molecule has 0 aliphatic heterocycles. The molecular formula is C28H30Cl3N3O4S. The highest BCUT2D eigenvalue weighted by atomic mass is 35.5. The lowest BCUT2D eigenvalue weighted by Crippen LogP contribution is -2.52. The lowest BCUT2D eigenvalue weighted by Gasteiger charge is -2.33. The molecule has 1 atom stereocenters. The highest BCUT2D eigenvalue weighted by Gasteiger charge is 2.33. The Bertz CT molecular complexity index is 1390. The molecule has 11 heteroatoms. The summed E-state index contributed by atoms with van der Waals surface area (Å²) in [7, 11) is -4.15. The molecule has 0 saturated carbocycles. The van der Waals surface area contributed by atoms with Crippen LogP contribution in [-0.2, 0) is 26.2 Å². The molecule has 208 valence electrons. The second-order valence-corrected chi connectivity index (χ2v) is 11.9. The molecule has 0 bridgehead atoms. The predicted molar refractivity (Wildman–Crippen MR) is 157 cm³/mol. The molecule has 0 aliphatic rings. The molecular weight excluding hydrogens is 581 g/mol. The number of rotatable bonds is 12. The maximum absolute atomic E-state index is 14.0. The van der Waals surface area contributed by atoms with Crippen molar-refractivity contribution in [3.8, 4) is 0 Å². The Kier molecular flexibility index (Phi) is 11.1. The lowest BCUT2D eigenvalue weighted by atomic mass is 10.1. The second kappa shape index (κ2) is 14.0. The van der Waals surface area contributed by atoms with E-state index in [1.165, 1.54) is 29.2 Å². The zero-order valence-electron chi connectivity index (χ0n) is 21.6. The van der Waals surface area contributed by atoms with Crippen molar-refractivity contribution >= 4 is 62.3 Å². The Morgan fingerprint density at radius 2 is 1.54 bits per heavy atom. The molecule has 1 N–H and O–H groups in total. The second-order valence-electron chi connectivity index (χ2n) is 8.77. The number of sulfonamides is 1. The molecule has 3 rings (SSSR count). The maximum atomic E-state index is 14.0. The zero-order chi connectivity index (χ0) is 28.6. The Balaban J connectivity index is 2.05. The monoisotopic (exact) mass is 609 g/mol. The smallest absolute Gasteiger partial charge is 0.264 e. The van der Waals surface area contributed by atoms with Crippen molar-refractivity contribution in [2.75, 3.05) is 17.4 Å². The summed E-state index contributed by atoms with van der Waals surface area (Å²) >= 11 is 18.5. The van der Waals surface area contributed by atoms with Gasteiger partial charge in [0.15, 0.2) is 0 Å². The molecule has 0 spiro atoms. The van der Waals surface area contributed by atoms with Crippen LogP contribution in [0.2, 0.25) is 15.1 Å². The van der Waals surface area contributed by atoms with E-state index in [0.29, 0.717) is 33.6 Å². The van der Waals surface area contributed by atoms with E-state index in [4.69, 9.17) is 34.8 Å². The fourth-order valence-electron chi connectivity index (χ4n) is 3.97. The molecule has 0 radical (unpaired) electrons. The molecule has 0 aliphatic carbocycles. The third-order valence-electron chi connectivity index (χ3n) is 6.02. The molecule has 39 heavy (non-hydrogen) atoms. The van der Waals surface area contributed by atoms with Gasteiger partial charge in [0.25, 0.3) is 10.0 Å². The standard InChI is InChI=1S/C28H30Cl3N3O4S/c1-3-16-32-28(36)26(4-2)33(18-20-10-11-22(30)17-25(20)31)27(35)19-34(23-14-12-21(29)13-15-23)39(37,38)24-8-6-5-7-9-24/h5-15,17,26H,3-4,16,18-19H2,1-2H3,(H,32,36)/t26-/m1/s1. The number of carbonyl (C=O) groups excluding carboxylic acids is 2. The van der Waals surface area contributed by atoms with Gasteiger partial charge >= 0.3 is 0 Å². The third-order valence-corrected chi connectivity index (χ3v) is 8.64. The Hall–Kier alpha value is -2.78. The van der Waals surface area contributed by atoms with Crippen LogP contribution in [0.1, 0.15) is 32.3 Å². The highest BCUT2D eigenvalue weighted by molar-refractivity contribution is 7.92. The number of nitrogens with zero attached hydrogens (tertiary/aromatic N) is 2. The molecule has 3 aromatic rings. The summed E-state index contributed by atoms with van der Waals surface area (Å²) in [6, 6.07) is 18.0. The van der Waals surface area contributed by atoms with Gasteiger partial charge in [-0.05, 0) is 66.9 Å². The number of anilines is 1. The minimum atomic E-state index is -4.15. The van der Waals surface area contributed by atoms with Crippen molar-refractivity contribution in [3.05, 3.63) is 93.4 Å². The summed E-state index contributed by atoms with van der Waals surface area (Å²) in [6.07, 6.45) is 1.03. The molecule has 0 aromatic heterocycles. The minimum Gasteiger partial charge on any atom is -0.354 e. The van der Waals surface area contributed by atoms with E-state index in [9.17, 15) is 18.0 Å².